The molecule has 2 amide bonds. The monoisotopic (exact) mass is 326 g/mol. The third-order valence-electron chi connectivity index (χ3n) is 4.60. The minimum atomic E-state index is -0.379. The van der Waals surface area contributed by atoms with E-state index in [1.165, 1.54) is 24.3 Å². The second-order valence-electron chi connectivity index (χ2n) is 6.10. The Hall–Kier alpha value is -2.69. The van der Waals surface area contributed by atoms with Crippen molar-refractivity contribution in [2.45, 2.75) is 26.7 Å². The topological polar surface area (TPSA) is 49.4 Å². The van der Waals surface area contributed by atoms with Crippen LogP contribution in [0.2, 0.25) is 0 Å². The van der Waals surface area contributed by atoms with E-state index in [0.717, 1.165) is 28.1 Å². The van der Waals surface area contributed by atoms with Crippen molar-refractivity contribution in [2.75, 3.05) is 17.3 Å². The van der Waals surface area contributed by atoms with Crippen LogP contribution in [0.5, 0.6) is 0 Å². The summed E-state index contributed by atoms with van der Waals surface area (Å²) in [6.07, 6.45) is 1.02. The van der Waals surface area contributed by atoms with Gasteiger partial charge in [-0.2, -0.15) is 0 Å². The van der Waals surface area contributed by atoms with Crippen LogP contribution in [-0.4, -0.2) is 18.9 Å². The van der Waals surface area contributed by atoms with Gasteiger partial charge in [-0.3, -0.25) is 9.59 Å². The number of hydrogen-bond acceptors (Lipinski definition) is 2. The van der Waals surface area contributed by atoms with E-state index in [-0.39, 0.29) is 17.6 Å². The molecule has 4 nitrogen and oxygen atoms in total. The fourth-order valence-corrected chi connectivity index (χ4v) is 2.99. The van der Waals surface area contributed by atoms with E-state index in [1.54, 1.807) is 11.9 Å². The van der Waals surface area contributed by atoms with Crippen LogP contribution in [0.25, 0.3) is 0 Å². The zero-order chi connectivity index (χ0) is 17.4. The van der Waals surface area contributed by atoms with Crippen molar-refractivity contribution >= 4 is 23.2 Å². The summed E-state index contributed by atoms with van der Waals surface area (Å²) in [5.41, 5.74) is 4.93. The lowest BCUT2D eigenvalue weighted by molar-refractivity contribution is -0.118. The molecule has 124 valence electrons. The average molecular weight is 326 g/mol. The molecule has 0 aromatic heterocycles. The smallest absolute Gasteiger partial charge is 0.255 e. The maximum atomic E-state index is 13.0. The van der Waals surface area contributed by atoms with Gasteiger partial charge in [-0.15, -0.1) is 0 Å². The van der Waals surface area contributed by atoms with Crippen molar-refractivity contribution in [2.24, 2.45) is 0 Å². The van der Waals surface area contributed by atoms with Crippen molar-refractivity contribution in [1.29, 1.82) is 0 Å². The molecule has 0 radical (unpaired) electrons. The van der Waals surface area contributed by atoms with Gasteiger partial charge in [0, 0.05) is 36.0 Å². The van der Waals surface area contributed by atoms with Crippen LogP contribution in [0.1, 0.15) is 33.5 Å². The molecule has 0 atom stereocenters. The van der Waals surface area contributed by atoms with Gasteiger partial charge in [0.2, 0.25) is 5.91 Å². The Morgan fingerprint density at radius 1 is 1.17 bits per heavy atom. The Labute approximate surface area is 140 Å². The predicted molar refractivity (Wildman–Crippen MR) is 92.0 cm³/mol. The third-order valence-corrected chi connectivity index (χ3v) is 4.60. The van der Waals surface area contributed by atoms with Gasteiger partial charge in [0.25, 0.3) is 5.91 Å². The minimum Gasteiger partial charge on any atom is -0.321 e. The average Bonchev–Trinajstić information content (AvgIpc) is 2.56. The van der Waals surface area contributed by atoms with Gasteiger partial charge in [-0.25, -0.2) is 4.39 Å². The van der Waals surface area contributed by atoms with Gasteiger partial charge in [0.05, 0.1) is 0 Å². The third kappa shape index (κ3) is 2.77. The van der Waals surface area contributed by atoms with Crippen LogP contribution in [0, 0.1) is 19.7 Å². The second-order valence-corrected chi connectivity index (χ2v) is 6.10. The van der Waals surface area contributed by atoms with E-state index in [4.69, 9.17) is 0 Å². The highest BCUT2D eigenvalue weighted by Crippen LogP contribution is 2.37. The first kappa shape index (κ1) is 16.2. The molecular formula is C19H19FN2O2. The van der Waals surface area contributed by atoms with Gasteiger partial charge in [0.15, 0.2) is 0 Å². The Morgan fingerprint density at radius 3 is 2.50 bits per heavy atom. The molecule has 0 saturated carbocycles. The summed E-state index contributed by atoms with van der Waals surface area (Å²) in [6, 6.07) is 7.42. The Kier molecular flexibility index (Phi) is 4.09. The van der Waals surface area contributed by atoms with Crippen molar-refractivity contribution in [3.63, 3.8) is 0 Å². The quantitative estimate of drug-likeness (QED) is 0.916. The van der Waals surface area contributed by atoms with Gasteiger partial charge in [0.1, 0.15) is 5.82 Å². The van der Waals surface area contributed by atoms with Crippen LogP contribution in [0.4, 0.5) is 15.8 Å². The summed E-state index contributed by atoms with van der Waals surface area (Å²) >= 11 is 0. The number of carbonyl (C=O) groups is 2. The van der Waals surface area contributed by atoms with Crippen molar-refractivity contribution in [1.82, 2.24) is 0 Å². The number of nitrogens with one attached hydrogen (secondary N) is 1. The van der Waals surface area contributed by atoms with Crippen LogP contribution in [-0.2, 0) is 11.2 Å². The summed E-state index contributed by atoms with van der Waals surface area (Å²) < 4.78 is 13.0. The molecule has 1 N–H and O–H groups in total. The van der Waals surface area contributed by atoms with E-state index in [9.17, 15) is 14.0 Å². The number of rotatable bonds is 2. The Balaban J connectivity index is 2.01. The lowest BCUT2D eigenvalue weighted by Crippen LogP contribution is -2.32. The molecule has 3 rings (SSSR count). The first-order valence-corrected chi connectivity index (χ1v) is 7.85. The van der Waals surface area contributed by atoms with Crippen LogP contribution in [0.15, 0.2) is 30.3 Å². The maximum Gasteiger partial charge on any atom is 0.255 e. The summed E-state index contributed by atoms with van der Waals surface area (Å²) in [5, 5.41) is 2.95. The highest BCUT2D eigenvalue weighted by Gasteiger charge is 2.26. The minimum absolute atomic E-state index is 0.0709. The van der Waals surface area contributed by atoms with Gasteiger partial charge in [-0.05, 0) is 61.7 Å². The molecule has 0 spiro atoms. The largest absolute Gasteiger partial charge is 0.321 e. The molecule has 0 unspecified atom stereocenters. The second kappa shape index (κ2) is 6.07. The number of carbonyl (C=O) groups excluding carboxylic acids is 2. The van der Waals surface area contributed by atoms with Gasteiger partial charge in [-0.1, -0.05) is 0 Å². The zero-order valence-corrected chi connectivity index (χ0v) is 13.9. The predicted octanol–water partition coefficient (Wildman–Crippen LogP) is 3.60. The first-order valence-electron chi connectivity index (χ1n) is 7.85. The summed E-state index contributed by atoms with van der Waals surface area (Å²) in [5.74, 6) is -0.595. The fourth-order valence-electron chi connectivity index (χ4n) is 2.99. The number of nitrogens with zero attached hydrogens (tertiary/aromatic N) is 1. The number of anilines is 2. The molecule has 1 aliphatic heterocycles. The van der Waals surface area contributed by atoms with Gasteiger partial charge >= 0.3 is 0 Å². The van der Waals surface area contributed by atoms with Crippen molar-refractivity contribution in [3.8, 4) is 0 Å². The molecule has 0 fully saturated rings. The lowest BCUT2D eigenvalue weighted by Gasteiger charge is -2.29. The molecule has 2 aromatic carbocycles. The molecule has 1 heterocycles. The molecule has 5 heteroatoms. The Morgan fingerprint density at radius 2 is 1.83 bits per heavy atom. The van der Waals surface area contributed by atoms with Crippen LogP contribution in [0.3, 0.4) is 0 Å². The highest BCUT2D eigenvalue weighted by atomic mass is 19.1. The number of benzene rings is 2. The molecule has 0 aliphatic carbocycles. The molecule has 2 aromatic rings. The number of amides is 2. The number of halogens is 1. The fraction of sp³-hybridized carbons (Fsp3) is 0.263. The lowest BCUT2D eigenvalue weighted by atomic mass is 9.93. The maximum absolute atomic E-state index is 13.0. The Bertz CT molecular complexity index is 828. The molecule has 1 aliphatic rings. The first-order chi connectivity index (χ1) is 11.4. The van der Waals surface area contributed by atoms with Crippen LogP contribution >= 0.6 is 0 Å². The van der Waals surface area contributed by atoms with E-state index in [2.05, 4.69) is 5.32 Å². The number of aryl methyl sites for hydroxylation is 1. The number of fused-ring (bicyclic) bond motifs is 1. The SMILES string of the molecule is Cc1cc2c(c(NC(=O)c3ccc(F)cc3)c1C)CCC(=O)N2C. The molecule has 24 heavy (non-hydrogen) atoms. The standard InChI is InChI=1S/C19H19FN2O2/c1-11-10-16-15(8-9-17(23)22(16)3)18(12(11)2)21-19(24)13-4-6-14(20)7-5-13/h4-7,10H,8-9H2,1-3H3,(H,21,24). The number of hydrogen-bond donors (Lipinski definition) is 1. The van der Waals surface area contributed by atoms with Crippen molar-refractivity contribution in [3.05, 3.63) is 58.4 Å². The summed E-state index contributed by atoms with van der Waals surface area (Å²) in [4.78, 5) is 26.1. The van der Waals surface area contributed by atoms with E-state index in [1.807, 2.05) is 19.9 Å². The van der Waals surface area contributed by atoms with E-state index in [0.29, 0.717) is 18.4 Å². The molecular weight excluding hydrogens is 307 g/mol. The van der Waals surface area contributed by atoms with E-state index >= 15 is 0 Å². The molecule has 0 bridgehead atoms. The summed E-state index contributed by atoms with van der Waals surface area (Å²) in [6.45, 7) is 3.91. The normalized spacial score (nSPS) is 13.7. The summed E-state index contributed by atoms with van der Waals surface area (Å²) in [7, 11) is 1.75. The van der Waals surface area contributed by atoms with Crippen LogP contribution < -0.4 is 10.2 Å². The van der Waals surface area contributed by atoms with Gasteiger partial charge < -0.3 is 10.2 Å². The highest BCUT2D eigenvalue weighted by molar-refractivity contribution is 6.06. The molecule has 0 saturated heterocycles. The van der Waals surface area contributed by atoms with E-state index < -0.39 is 0 Å². The zero-order valence-electron chi connectivity index (χ0n) is 13.9. The van der Waals surface area contributed by atoms with Crippen molar-refractivity contribution < 1.29 is 14.0 Å².